The van der Waals surface area contributed by atoms with Crippen LogP contribution in [0.1, 0.15) is 78.6 Å². The summed E-state index contributed by atoms with van der Waals surface area (Å²) < 4.78 is 17.7. The second-order valence-electron chi connectivity index (χ2n) is 12.5. The zero-order valence-corrected chi connectivity index (χ0v) is 20.2. The van der Waals surface area contributed by atoms with Gasteiger partial charge in [0.15, 0.2) is 0 Å². The maximum atomic E-state index is 13.3. The third kappa shape index (κ3) is 3.36. The first-order chi connectivity index (χ1) is 15.8. The van der Waals surface area contributed by atoms with Gasteiger partial charge in [-0.3, -0.25) is 14.4 Å². The number of rotatable bonds is 7. The summed E-state index contributed by atoms with van der Waals surface area (Å²) in [5, 5.41) is 0. The molecule has 7 atom stereocenters. The van der Waals surface area contributed by atoms with E-state index in [0.29, 0.717) is 24.7 Å². The van der Waals surface area contributed by atoms with Crippen LogP contribution in [0.5, 0.6) is 0 Å². The molecular weight excluding hydrogens is 420 g/mol. The van der Waals surface area contributed by atoms with Crippen molar-refractivity contribution in [1.29, 1.82) is 0 Å². The van der Waals surface area contributed by atoms with Gasteiger partial charge in [0.25, 0.3) is 0 Å². The lowest BCUT2D eigenvalue weighted by Gasteiger charge is -2.59. The lowest BCUT2D eigenvalue weighted by Crippen LogP contribution is -2.58. The monoisotopic (exact) mass is 458 g/mol. The van der Waals surface area contributed by atoms with Crippen LogP contribution in [-0.4, -0.2) is 35.7 Å². The highest BCUT2D eigenvalue weighted by Gasteiger charge is 2.63. The minimum Gasteiger partial charge on any atom is -0.459 e. The van der Waals surface area contributed by atoms with Gasteiger partial charge in [-0.2, -0.15) is 0 Å². The van der Waals surface area contributed by atoms with Crippen LogP contribution in [-0.2, 0) is 28.6 Å². The Balaban J connectivity index is 1.06. The molecule has 6 saturated carbocycles. The Hall–Kier alpha value is -1.59. The fourth-order valence-corrected chi connectivity index (χ4v) is 8.85. The summed E-state index contributed by atoms with van der Waals surface area (Å²) in [5.41, 5.74) is -0.340. The van der Waals surface area contributed by atoms with E-state index in [0.717, 1.165) is 24.7 Å². The van der Waals surface area contributed by atoms with Crippen LogP contribution in [0.4, 0.5) is 0 Å². The molecule has 0 radical (unpaired) electrons. The smallest absolute Gasteiger partial charge is 0.309 e. The Kier molecular flexibility index (Phi) is 5.12. The number of hydrogen-bond acceptors (Lipinski definition) is 6. The maximum absolute atomic E-state index is 13.3. The van der Waals surface area contributed by atoms with Gasteiger partial charge in [-0.05, 0) is 88.4 Å². The Morgan fingerprint density at radius 1 is 1.03 bits per heavy atom. The van der Waals surface area contributed by atoms with Gasteiger partial charge in [0, 0.05) is 11.8 Å². The lowest BCUT2D eigenvalue weighted by molar-refractivity contribution is -0.207. The van der Waals surface area contributed by atoms with Crippen LogP contribution in [0.25, 0.3) is 0 Å². The van der Waals surface area contributed by atoms with Crippen LogP contribution >= 0.6 is 0 Å². The summed E-state index contributed by atoms with van der Waals surface area (Å²) in [6.45, 7) is 6.02. The normalized spacial score (nSPS) is 48.0. The summed E-state index contributed by atoms with van der Waals surface area (Å²) >= 11 is 0. The van der Waals surface area contributed by atoms with Gasteiger partial charge < -0.3 is 14.2 Å². The van der Waals surface area contributed by atoms with Crippen molar-refractivity contribution >= 4 is 17.9 Å². The molecule has 1 aliphatic heterocycles. The zero-order valence-electron chi connectivity index (χ0n) is 20.2. The second-order valence-corrected chi connectivity index (χ2v) is 12.5. The minimum atomic E-state index is -0.388. The van der Waals surface area contributed by atoms with Crippen molar-refractivity contribution in [2.75, 3.05) is 0 Å². The van der Waals surface area contributed by atoms with Crippen molar-refractivity contribution < 1.29 is 28.6 Å². The SMILES string of the molecule is CCC(CC(C)C(=O)OC1C2CC3C(=O)OC1C3C2)C(=O)OC1(C)C2CC3CC(C2)CC1C3. The van der Waals surface area contributed by atoms with Gasteiger partial charge in [-0.15, -0.1) is 0 Å². The molecule has 7 aliphatic rings. The predicted octanol–water partition coefficient (Wildman–Crippen LogP) is 4.29. The molecule has 0 aromatic heterocycles. The van der Waals surface area contributed by atoms with E-state index in [1.807, 2.05) is 13.8 Å². The molecule has 7 fully saturated rings. The first-order valence-electron chi connectivity index (χ1n) is 13.4. The molecule has 6 bridgehead atoms. The van der Waals surface area contributed by atoms with Gasteiger partial charge >= 0.3 is 17.9 Å². The number of esters is 3. The zero-order chi connectivity index (χ0) is 23.1. The molecule has 0 aromatic carbocycles. The molecular formula is C27H38O6. The van der Waals surface area contributed by atoms with Crippen LogP contribution in [0.15, 0.2) is 0 Å². The summed E-state index contributed by atoms with van der Waals surface area (Å²) in [5.74, 6) is 1.89. The van der Waals surface area contributed by atoms with Crippen molar-refractivity contribution in [1.82, 2.24) is 0 Å². The molecule has 0 aromatic rings. The number of ether oxygens (including phenoxy) is 3. The van der Waals surface area contributed by atoms with E-state index in [-0.39, 0.29) is 65.3 Å². The van der Waals surface area contributed by atoms with Gasteiger partial charge in [0.05, 0.1) is 17.8 Å². The number of hydrogen-bond donors (Lipinski definition) is 0. The number of carbonyl (C=O) groups excluding carboxylic acids is 3. The number of carbonyl (C=O) groups is 3. The summed E-state index contributed by atoms with van der Waals surface area (Å²) in [4.78, 5) is 38.2. The fraction of sp³-hybridized carbons (Fsp3) is 0.889. The van der Waals surface area contributed by atoms with Crippen molar-refractivity contribution in [2.45, 2.75) is 96.4 Å². The average molecular weight is 459 g/mol. The minimum absolute atomic E-state index is 0.0122. The highest BCUT2D eigenvalue weighted by atomic mass is 16.6. The van der Waals surface area contributed by atoms with Gasteiger partial charge in [-0.25, -0.2) is 0 Å². The molecule has 6 nitrogen and oxygen atoms in total. The third-order valence-corrected chi connectivity index (χ3v) is 10.6. The van der Waals surface area contributed by atoms with Crippen LogP contribution in [0.2, 0.25) is 0 Å². The molecule has 1 heterocycles. The Labute approximate surface area is 196 Å². The largest absolute Gasteiger partial charge is 0.459 e. The van der Waals surface area contributed by atoms with Crippen LogP contribution in [0, 0.1) is 53.3 Å². The van der Waals surface area contributed by atoms with E-state index in [2.05, 4.69) is 6.92 Å². The fourth-order valence-electron chi connectivity index (χ4n) is 8.85. The van der Waals surface area contributed by atoms with E-state index in [9.17, 15) is 14.4 Å². The highest BCUT2D eigenvalue weighted by molar-refractivity contribution is 5.78. The third-order valence-electron chi connectivity index (χ3n) is 10.6. The topological polar surface area (TPSA) is 78.9 Å². The summed E-state index contributed by atoms with van der Waals surface area (Å²) in [6.07, 6.45) is 8.39. The summed E-state index contributed by atoms with van der Waals surface area (Å²) in [6, 6.07) is 0. The Morgan fingerprint density at radius 2 is 1.70 bits per heavy atom. The van der Waals surface area contributed by atoms with Crippen molar-refractivity contribution in [2.24, 2.45) is 53.3 Å². The lowest BCUT2D eigenvalue weighted by atomic mass is 9.50. The van der Waals surface area contributed by atoms with E-state index in [1.54, 1.807) is 0 Å². The first kappa shape index (κ1) is 21.9. The van der Waals surface area contributed by atoms with Crippen molar-refractivity contribution in [3.8, 4) is 0 Å². The molecule has 0 N–H and O–H groups in total. The highest BCUT2D eigenvalue weighted by Crippen LogP contribution is 2.60. The van der Waals surface area contributed by atoms with Gasteiger partial charge in [-0.1, -0.05) is 13.8 Å². The Bertz CT molecular complexity index is 822. The molecule has 6 aliphatic carbocycles. The molecule has 6 heteroatoms. The van der Waals surface area contributed by atoms with E-state index < -0.39 is 0 Å². The quantitative estimate of drug-likeness (QED) is 0.418. The van der Waals surface area contributed by atoms with Crippen molar-refractivity contribution in [3.05, 3.63) is 0 Å². The summed E-state index contributed by atoms with van der Waals surface area (Å²) in [7, 11) is 0. The molecule has 33 heavy (non-hydrogen) atoms. The molecule has 0 spiro atoms. The number of fused-ring (bicyclic) bond motifs is 1. The first-order valence-corrected chi connectivity index (χ1v) is 13.4. The average Bonchev–Trinajstić information content (AvgIpc) is 3.40. The Morgan fingerprint density at radius 3 is 2.33 bits per heavy atom. The molecule has 1 saturated heterocycles. The van der Waals surface area contributed by atoms with Crippen molar-refractivity contribution in [3.63, 3.8) is 0 Å². The van der Waals surface area contributed by atoms with E-state index in [1.165, 1.54) is 32.1 Å². The standard InChI is InChI=1S/C27H38O6/c1-4-16(25(29)33-27(3)18-7-14-6-15(9-18)10-19(27)8-14)5-13(2)24(28)31-22-17-11-20-21(12-17)26(30)32-23(20)22/h13-23H,4-12H2,1-3H3. The molecule has 0 amide bonds. The molecule has 182 valence electrons. The van der Waals surface area contributed by atoms with Gasteiger partial charge in [0.2, 0.25) is 0 Å². The maximum Gasteiger partial charge on any atom is 0.309 e. The molecule has 7 rings (SSSR count). The predicted molar refractivity (Wildman–Crippen MR) is 119 cm³/mol. The second kappa shape index (κ2) is 7.71. The molecule has 7 unspecified atom stereocenters. The van der Waals surface area contributed by atoms with Crippen LogP contribution < -0.4 is 0 Å². The van der Waals surface area contributed by atoms with Gasteiger partial charge in [0.1, 0.15) is 17.8 Å². The van der Waals surface area contributed by atoms with E-state index in [4.69, 9.17) is 14.2 Å². The van der Waals surface area contributed by atoms with E-state index >= 15 is 0 Å². The van der Waals surface area contributed by atoms with Crippen LogP contribution in [0.3, 0.4) is 0 Å².